The Hall–Kier alpha value is -2.77. The minimum Gasteiger partial charge on any atom is -0.493 e. The minimum atomic E-state index is -1.25. The topological polar surface area (TPSA) is 96.4 Å². The summed E-state index contributed by atoms with van der Waals surface area (Å²) >= 11 is 0. The van der Waals surface area contributed by atoms with Gasteiger partial charge in [0.05, 0.1) is 20.8 Å². The highest BCUT2D eigenvalue weighted by Crippen LogP contribution is 2.34. The van der Waals surface area contributed by atoms with Crippen molar-refractivity contribution >= 4 is 17.8 Å². The SMILES string of the molecule is COc1ccc(CN2C(=O)[C@@H]3[C@H]2C(=O)CN3C(=O)O)cc1OC. The molecule has 0 saturated carbocycles. The number of benzene rings is 1. The summed E-state index contributed by atoms with van der Waals surface area (Å²) in [6, 6.07) is 3.66. The number of hydrogen-bond acceptors (Lipinski definition) is 5. The number of likely N-dealkylation sites (tertiary alicyclic amines) is 2. The van der Waals surface area contributed by atoms with E-state index in [2.05, 4.69) is 0 Å². The van der Waals surface area contributed by atoms with Gasteiger partial charge in [0.2, 0.25) is 5.91 Å². The molecule has 8 heteroatoms. The Bertz CT molecular complexity index is 689. The van der Waals surface area contributed by atoms with Crippen molar-refractivity contribution in [2.45, 2.75) is 18.6 Å². The molecule has 2 atom stereocenters. The predicted octanol–water partition coefficient (Wildman–Crippen LogP) is 0.346. The number of fused-ring (bicyclic) bond motifs is 1. The number of hydrogen-bond donors (Lipinski definition) is 1. The molecule has 1 N–H and O–H groups in total. The molecule has 8 nitrogen and oxygen atoms in total. The fourth-order valence-corrected chi connectivity index (χ4v) is 3.08. The Balaban J connectivity index is 1.79. The smallest absolute Gasteiger partial charge is 0.408 e. The number of Topliss-reactive ketones (excluding diaryl/α,β-unsaturated/α-hetero) is 1. The molecule has 0 aliphatic carbocycles. The van der Waals surface area contributed by atoms with E-state index < -0.39 is 18.2 Å². The van der Waals surface area contributed by atoms with Crippen LogP contribution in [0.5, 0.6) is 11.5 Å². The van der Waals surface area contributed by atoms with Gasteiger partial charge in [-0.25, -0.2) is 4.79 Å². The average Bonchev–Trinajstić information content (AvgIpc) is 2.86. The van der Waals surface area contributed by atoms with Crippen LogP contribution in [0.2, 0.25) is 0 Å². The van der Waals surface area contributed by atoms with Gasteiger partial charge in [-0.05, 0) is 17.7 Å². The molecule has 2 fully saturated rings. The second-order valence-electron chi connectivity index (χ2n) is 5.42. The number of amides is 2. The largest absolute Gasteiger partial charge is 0.493 e. The number of nitrogens with zero attached hydrogens (tertiary/aromatic N) is 2. The van der Waals surface area contributed by atoms with Gasteiger partial charge in [0.15, 0.2) is 17.3 Å². The lowest BCUT2D eigenvalue weighted by atomic mass is 9.94. The Morgan fingerprint density at radius 1 is 1.22 bits per heavy atom. The Morgan fingerprint density at radius 3 is 2.52 bits per heavy atom. The van der Waals surface area contributed by atoms with Gasteiger partial charge in [0.1, 0.15) is 12.1 Å². The van der Waals surface area contributed by atoms with E-state index in [0.29, 0.717) is 11.5 Å². The second kappa shape index (κ2) is 5.45. The number of carbonyl (C=O) groups excluding carboxylic acids is 2. The molecule has 0 unspecified atom stereocenters. The van der Waals surface area contributed by atoms with E-state index in [1.807, 2.05) is 0 Å². The standard InChI is InChI=1S/C15H16N2O6/c1-22-10-4-3-8(5-11(10)23-2)6-16-12-9(18)7-17(15(20)21)13(12)14(16)19/h3-5,12-13H,6-7H2,1-2H3,(H,20,21)/t12-,13+/m1/s1. The molecule has 2 heterocycles. The van der Waals surface area contributed by atoms with Crippen molar-refractivity contribution < 1.29 is 29.0 Å². The molecule has 2 amide bonds. The third-order valence-electron chi connectivity index (χ3n) is 4.21. The first-order valence-electron chi connectivity index (χ1n) is 7.01. The van der Waals surface area contributed by atoms with Crippen LogP contribution in [0.15, 0.2) is 18.2 Å². The fourth-order valence-electron chi connectivity index (χ4n) is 3.08. The van der Waals surface area contributed by atoms with Gasteiger partial charge in [0, 0.05) is 6.54 Å². The highest BCUT2D eigenvalue weighted by Gasteiger charge is 2.60. The van der Waals surface area contributed by atoms with Crippen molar-refractivity contribution in [3.05, 3.63) is 23.8 Å². The van der Waals surface area contributed by atoms with Crippen LogP contribution in [-0.2, 0) is 16.1 Å². The maximum absolute atomic E-state index is 12.2. The third-order valence-corrected chi connectivity index (χ3v) is 4.21. The molecule has 2 aliphatic rings. The lowest BCUT2D eigenvalue weighted by Gasteiger charge is -2.43. The van der Waals surface area contributed by atoms with Crippen LogP contribution in [-0.4, -0.2) is 65.5 Å². The summed E-state index contributed by atoms with van der Waals surface area (Å²) in [7, 11) is 3.04. The van der Waals surface area contributed by atoms with Crippen molar-refractivity contribution in [1.82, 2.24) is 9.80 Å². The summed E-state index contributed by atoms with van der Waals surface area (Å²) in [6.07, 6.45) is -1.25. The summed E-state index contributed by atoms with van der Waals surface area (Å²) in [4.78, 5) is 37.6. The first kappa shape index (κ1) is 15.1. The summed E-state index contributed by atoms with van der Waals surface area (Å²) in [5.41, 5.74) is 0.774. The van der Waals surface area contributed by atoms with Crippen LogP contribution in [0.3, 0.4) is 0 Å². The van der Waals surface area contributed by atoms with Crippen molar-refractivity contribution in [1.29, 1.82) is 0 Å². The highest BCUT2D eigenvalue weighted by molar-refractivity contribution is 6.08. The van der Waals surface area contributed by atoms with Gasteiger partial charge in [-0.3, -0.25) is 14.5 Å². The van der Waals surface area contributed by atoms with E-state index in [0.717, 1.165) is 10.5 Å². The van der Waals surface area contributed by atoms with Crippen molar-refractivity contribution in [3.63, 3.8) is 0 Å². The molecule has 0 aromatic heterocycles. The molecular weight excluding hydrogens is 304 g/mol. The third kappa shape index (κ3) is 2.26. The lowest BCUT2D eigenvalue weighted by Crippen LogP contribution is -2.67. The van der Waals surface area contributed by atoms with Gasteiger partial charge in [-0.15, -0.1) is 0 Å². The summed E-state index contributed by atoms with van der Waals surface area (Å²) in [5, 5.41) is 9.05. The summed E-state index contributed by atoms with van der Waals surface area (Å²) < 4.78 is 10.4. The Kier molecular flexibility index (Phi) is 3.59. The van der Waals surface area contributed by atoms with Crippen LogP contribution in [0.1, 0.15) is 5.56 Å². The molecule has 1 aromatic carbocycles. The number of carbonyl (C=O) groups is 3. The Morgan fingerprint density at radius 2 is 1.91 bits per heavy atom. The zero-order valence-corrected chi connectivity index (χ0v) is 12.7. The van der Waals surface area contributed by atoms with E-state index in [1.165, 1.54) is 19.1 Å². The predicted molar refractivity (Wildman–Crippen MR) is 77.4 cm³/mol. The molecule has 0 bridgehead atoms. The van der Waals surface area contributed by atoms with Crippen LogP contribution < -0.4 is 9.47 Å². The van der Waals surface area contributed by atoms with E-state index >= 15 is 0 Å². The minimum absolute atomic E-state index is 0.222. The van der Waals surface area contributed by atoms with Crippen molar-refractivity contribution in [2.75, 3.05) is 20.8 Å². The molecule has 2 saturated heterocycles. The monoisotopic (exact) mass is 320 g/mol. The van der Waals surface area contributed by atoms with Gasteiger partial charge >= 0.3 is 6.09 Å². The highest BCUT2D eigenvalue weighted by atomic mass is 16.5. The molecule has 1 aromatic rings. The van der Waals surface area contributed by atoms with Gasteiger partial charge in [0.25, 0.3) is 0 Å². The van der Waals surface area contributed by atoms with Gasteiger partial charge in [-0.1, -0.05) is 6.07 Å². The van der Waals surface area contributed by atoms with Crippen molar-refractivity contribution in [2.24, 2.45) is 0 Å². The number of ether oxygens (including phenoxy) is 2. The molecule has 2 aliphatic heterocycles. The summed E-state index contributed by atoms with van der Waals surface area (Å²) in [5.74, 6) is 0.494. The normalized spacial score (nSPS) is 22.7. The number of methoxy groups -OCH3 is 2. The zero-order chi connectivity index (χ0) is 16.7. The number of rotatable bonds is 4. The molecule has 0 spiro atoms. The van der Waals surface area contributed by atoms with E-state index in [1.54, 1.807) is 18.2 Å². The molecule has 23 heavy (non-hydrogen) atoms. The van der Waals surface area contributed by atoms with E-state index in [4.69, 9.17) is 14.6 Å². The van der Waals surface area contributed by atoms with Gasteiger partial charge in [-0.2, -0.15) is 0 Å². The summed E-state index contributed by atoms with van der Waals surface area (Å²) in [6.45, 7) is -0.0155. The van der Waals surface area contributed by atoms with E-state index in [-0.39, 0.29) is 24.8 Å². The number of β-lactam (4-membered cyclic amide) rings is 1. The zero-order valence-electron chi connectivity index (χ0n) is 12.7. The lowest BCUT2D eigenvalue weighted by molar-refractivity contribution is -0.156. The van der Waals surface area contributed by atoms with Crippen LogP contribution >= 0.6 is 0 Å². The first-order valence-corrected chi connectivity index (χ1v) is 7.01. The maximum Gasteiger partial charge on any atom is 0.408 e. The Labute approximate surface area is 132 Å². The molecule has 3 rings (SSSR count). The van der Waals surface area contributed by atoms with Crippen LogP contribution in [0.4, 0.5) is 4.79 Å². The fraction of sp³-hybridized carbons (Fsp3) is 0.400. The van der Waals surface area contributed by atoms with Gasteiger partial charge < -0.3 is 19.5 Å². The number of ketones is 1. The average molecular weight is 320 g/mol. The molecule has 0 radical (unpaired) electrons. The molecular formula is C15H16N2O6. The van der Waals surface area contributed by atoms with Crippen molar-refractivity contribution in [3.8, 4) is 11.5 Å². The van der Waals surface area contributed by atoms with E-state index in [9.17, 15) is 14.4 Å². The molecule has 122 valence electrons. The van der Waals surface area contributed by atoms with Crippen LogP contribution in [0.25, 0.3) is 0 Å². The second-order valence-corrected chi connectivity index (χ2v) is 5.42. The first-order chi connectivity index (χ1) is 11.0. The quantitative estimate of drug-likeness (QED) is 0.804. The number of carboxylic acid groups (broad SMARTS) is 1. The maximum atomic E-state index is 12.2. The van der Waals surface area contributed by atoms with Crippen LogP contribution in [0, 0.1) is 0 Å².